The van der Waals surface area contributed by atoms with Crippen LogP contribution in [0, 0.1) is 11.3 Å². The molecule has 1 aliphatic carbocycles. The lowest BCUT2D eigenvalue weighted by Crippen LogP contribution is -2.29. The third-order valence-corrected chi connectivity index (χ3v) is 4.57. The molecule has 0 amide bonds. The molecule has 0 bridgehead atoms. The van der Waals surface area contributed by atoms with Gasteiger partial charge in [0.15, 0.2) is 11.5 Å². The van der Waals surface area contributed by atoms with Crippen molar-refractivity contribution >= 4 is 0 Å². The summed E-state index contributed by atoms with van der Waals surface area (Å²) in [5.41, 5.74) is 7.96. The van der Waals surface area contributed by atoms with Crippen molar-refractivity contribution in [3.8, 4) is 11.5 Å². The van der Waals surface area contributed by atoms with Crippen LogP contribution in [-0.2, 0) is 0 Å². The van der Waals surface area contributed by atoms with Gasteiger partial charge in [-0.3, -0.25) is 0 Å². The van der Waals surface area contributed by atoms with Crippen LogP contribution in [0.5, 0.6) is 11.5 Å². The number of rotatable bonds is 4. The van der Waals surface area contributed by atoms with E-state index in [0.717, 1.165) is 17.1 Å². The summed E-state index contributed by atoms with van der Waals surface area (Å²) in [6.07, 6.45) is 3.75. The number of nitrogens with two attached hydrogens (primary N) is 1. The van der Waals surface area contributed by atoms with E-state index in [4.69, 9.17) is 15.2 Å². The normalized spacial score (nSPS) is 23.1. The fraction of sp³-hybridized carbons (Fsp3) is 0.625. The first-order valence-corrected chi connectivity index (χ1v) is 6.97. The molecule has 0 aromatic heterocycles. The topological polar surface area (TPSA) is 44.5 Å². The minimum atomic E-state index is 0.0670. The molecule has 0 aliphatic heterocycles. The summed E-state index contributed by atoms with van der Waals surface area (Å²) in [5.74, 6) is 2.04. The maximum atomic E-state index is 6.49. The molecule has 0 saturated heterocycles. The monoisotopic (exact) mass is 263 g/mol. The second-order valence-corrected chi connectivity index (χ2v) is 6.13. The van der Waals surface area contributed by atoms with Crippen molar-refractivity contribution in [1.82, 2.24) is 0 Å². The summed E-state index contributed by atoms with van der Waals surface area (Å²) in [6.45, 7) is 4.65. The van der Waals surface area contributed by atoms with Crippen LogP contribution in [0.2, 0.25) is 0 Å². The fourth-order valence-electron chi connectivity index (χ4n) is 3.31. The summed E-state index contributed by atoms with van der Waals surface area (Å²) >= 11 is 0. The summed E-state index contributed by atoms with van der Waals surface area (Å²) in [5, 5.41) is 0. The average molecular weight is 263 g/mol. The molecule has 1 fully saturated rings. The molecule has 2 unspecified atom stereocenters. The highest BCUT2D eigenvalue weighted by molar-refractivity contribution is 5.44. The van der Waals surface area contributed by atoms with Crippen molar-refractivity contribution in [2.75, 3.05) is 14.2 Å². The van der Waals surface area contributed by atoms with Gasteiger partial charge in [-0.05, 0) is 41.9 Å². The highest BCUT2D eigenvalue weighted by Gasteiger charge is 2.38. The Labute approximate surface area is 116 Å². The second kappa shape index (κ2) is 5.41. The molecule has 0 heterocycles. The van der Waals surface area contributed by atoms with Crippen LogP contribution >= 0.6 is 0 Å². The van der Waals surface area contributed by atoms with Crippen LogP contribution in [0.25, 0.3) is 0 Å². The lowest BCUT2D eigenvalue weighted by molar-refractivity contribution is 0.221. The molecule has 0 spiro atoms. The molecule has 0 radical (unpaired) electrons. The van der Waals surface area contributed by atoms with Crippen molar-refractivity contribution in [3.05, 3.63) is 23.8 Å². The van der Waals surface area contributed by atoms with E-state index in [-0.39, 0.29) is 6.04 Å². The quantitative estimate of drug-likeness (QED) is 0.903. The molecular weight excluding hydrogens is 238 g/mol. The smallest absolute Gasteiger partial charge is 0.161 e. The molecular formula is C16H25NO2. The molecule has 3 heteroatoms. The fourth-order valence-corrected chi connectivity index (χ4v) is 3.31. The first-order valence-electron chi connectivity index (χ1n) is 6.97. The molecule has 106 valence electrons. The van der Waals surface area contributed by atoms with E-state index in [1.54, 1.807) is 14.2 Å². The van der Waals surface area contributed by atoms with Gasteiger partial charge in [-0.2, -0.15) is 0 Å². The zero-order chi connectivity index (χ0) is 14.0. The van der Waals surface area contributed by atoms with Crippen molar-refractivity contribution in [3.63, 3.8) is 0 Å². The van der Waals surface area contributed by atoms with E-state index < -0.39 is 0 Å². The molecule has 2 atom stereocenters. The lowest BCUT2D eigenvalue weighted by Gasteiger charge is -2.32. The molecule has 19 heavy (non-hydrogen) atoms. The van der Waals surface area contributed by atoms with Gasteiger partial charge in [0.25, 0.3) is 0 Å². The zero-order valence-electron chi connectivity index (χ0n) is 12.4. The maximum absolute atomic E-state index is 6.49. The SMILES string of the molecule is COc1ccc(C(N)C2CCCC2(C)C)cc1OC. The van der Waals surface area contributed by atoms with E-state index in [2.05, 4.69) is 19.9 Å². The van der Waals surface area contributed by atoms with Crippen LogP contribution in [0.1, 0.15) is 44.7 Å². The van der Waals surface area contributed by atoms with Gasteiger partial charge in [0.2, 0.25) is 0 Å². The number of ether oxygens (including phenoxy) is 2. The summed E-state index contributed by atoms with van der Waals surface area (Å²) < 4.78 is 10.6. The Morgan fingerprint density at radius 1 is 1.21 bits per heavy atom. The Hall–Kier alpha value is -1.22. The summed E-state index contributed by atoms with van der Waals surface area (Å²) in [7, 11) is 3.31. The van der Waals surface area contributed by atoms with E-state index in [1.807, 2.05) is 12.1 Å². The van der Waals surface area contributed by atoms with Gasteiger partial charge in [0.05, 0.1) is 14.2 Å². The van der Waals surface area contributed by atoms with Gasteiger partial charge < -0.3 is 15.2 Å². The summed E-state index contributed by atoms with van der Waals surface area (Å²) in [4.78, 5) is 0. The zero-order valence-corrected chi connectivity index (χ0v) is 12.4. The van der Waals surface area contributed by atoms with Crippen molar-refractivity contribution in [2.24, 2.45) is 17.1 Å². The minimum absolute atomic E-state index is 0.0670. The minimum Gasteiger partial charge on any atom is -0.493 e. The van der Waals surface area contributed by atoms with E-state index >= 15 is 0 Å². The van der Waals surface area contributed by atoms with Crippen molar-refractivity contribution in [2.45, 2.75) is 39.2 Å². The molecule has 1 aromatic carbocycles. The molecule has 2 rings (SSSR count). The number of benzene rings is 1. The predicted molar refractivity (Wildman–Crippen MR) is 77.6 cm³/mol. The van der Waals surface area contributed by atoms with Crippen LogP contribution in [-0.4, -0.2) is 14.2 Å². The van der Waals surface area contributed by atoms with Gasteiger partial charge in [-0.1, -0.05) is 26.3 Å². The Kier molecular flexibility index (Phi) is 4.04. The largest absolute Gasteiger partial charge is 0.493 e. The van der Waals surface area contributed by atoms with E-state index in [9.17, 15) is 0 Å². The maximum Gasteiger partial charge on any atom is 0.161 e. The number of hydrogen-bond donors (Lipinski definition) is 1. The summed E-state index contributed by atoms with van der Waals surface area (Å²) in [6, 6.07) is 6.08. The Morgan fingerprint density at radius 3 is 2.42 bits per heavy atom. The Morgan fingerprint density at radius 2 is 1.89 bits per heavy atom. The highest BCUT2D eigenvalue weighted by Crippen LogP contribution is 2.48. The third-order valence-electron chi connectivity index (χ3n) is 4.57. The highest BCUT2D eigenvalue weighted by atomic mass is 16.5. The average Bonchev–Trinajstić information content (AvgIpc) is 2.76. The standard InChI is InChI=1S/C16H25NO2/c1-16(2)9-5-6-12(16)15(17)11-7-8-13(18-3)14(10-11)19-4/h7-8,10,12,15H,5-6,9,17H2,1-4H3. The van der Waals surface area contributed by atoms with Gasteiger partial charge in [-0.25, -0.2) is 0 Å². The number of methoxy groups -OCH3 is 2. The second-order valence-electron chi connectivity index (χ2n) is 6.13. The van der Waals surface area contributed by atoms with Gasteiger partial charge in [0, 0.05) is 6.04 Å². The van der Waals surface area contributed by atoms with Crippen LogP contribution in [0.4, 0.5) is 0 Å². The molecule has 1 saturated carbocycles. The first kappa shape index (κ1) is 14.2. The van der Waals surface area contributed by atoms with Crippen molar-refractivity contribution in [1.29, 1.82) is 0 Å². The first-order chi connectivity index (χ1) is 8.99. The van der Waals surface area contributed by atoms with Crippen LogP contribution < -0.4 is 15.2 Å². The van der Waals surface area contributed by atoms with Crippen LogP contribution in [0.3, 0.4) is 0 Å². The molecule has 1 aliphatic rings. The molecule has 2 N–H and O–H groups in total. The molecule has 1 aromatic rings. The van der Waals surface area contributed by atoms with Gasteiger partial charge in [0.1, 0.15) is 0 Å². The van der Waals surface area contributed by atoms with E-state index in [0.29, 0.717) is 11.3 Å². The van der Waals surface area contributed by atoms with Gasteiger partial charge in [-0.15, -0.1) is 0 Å². The predicted octanol–water partition coefficient (Wildman–Crippen LogP) is 3.53. The Bertz CT molecular complexity index is 442. The third kappa shape index (κ3) is 2.71. The van der Waals surface area contributed by atoms with Gasteiger partial charge >= 0.3 is 0 Å². The Balaban J connectivity index is 2.26. The lowest BCUT2D eigenvalue weighted by atomic mass is 9.76. The van der Waals surface area contributed by atoms with E-state index in [1.165, 1.54) is 19.3 Å². The van der Waals surface area contributed by atoms with Crippen LogP contribution in [0.15, 0.2) is 18.2 Å². The number of hydrogen-bond acceptors (Lipinski definition) is 3. The molecule has 3 nitrogen and oxygen atoms in total. The van der Waals surface area contributed by atoms with Crippen molar-refractivity contribution < 1.29 is 9.47 Å².